The first kappa shape index (κ1) is 23.2. The molecule has 0 saturated heterocycles. The monoisotopic (exact) mass is 444 g/mol. The fourth-order valence-corrected chi connectivity index (χ4v) is 4.26. The number of Topliss-reactive ketones (excluding diaryl/α,β-unsaturated/α-hetero) is 2. The number of phenols is 4. The lowest BCUT2D eigenvalue weighted by Gasteiger charge is -2.35. The van der Waals surface area contributed by atoms with Crippen molar-refractivity contribution in [3.63, 3.8) is 0 Å². The lowest BCUT2D eigenvalue weighted by molar-refractivity contribution is 0.0817. The van der Waals surface area contributed by atoms with Crippen molar-refractivity contribution in [1.82, 2.24) is 0 Å². The summed E-state index contributed by atoms with van der Waals surface area (Å²) in [7, 11) is 1.35. The van der Waals surface area contributed by atoms with Gasteiger partial charge in [-0.1, -0.05) is 0 Å². The van der Waals surface area contributed by atoms with Crippen LogP contribution in [0, 0.1) is 6.92 Å². The number of carbonyl (C=O) groups is 2. The molecule has 1 aliphatic heterocycles. The van der Waals surface area contributed by atoms with E-state index in [0.29, 0.717) is 18.4 Å². The van der Waals surface area contributed by atoms with Gasteiger partial charge in [-0.05, 0) is 47.5 Å². The van der Waals surface area contributed by atoms with Crippen molar-refractivity contribution in [2.45, 2.75) is 59.5 Å². The van der Waals surface area contributed by atoms with Gasteiger partial charge in [0.25, 0.3) is 0 Å². The molecule has 3 rings (SSSR count). The molecule has 0 aliphatic carbocycles. The molecule has 0 fully saturated rings. The van der Waals surface area contributed by atoms with Crippen LogP contribution in [0.15, 0.2) is 0 Å². The summed E-state index contributed by atoms with van der Waals surface area (Å²) in [6.45, 7) is 7.71. The van der Waals surface area contributed by atoms with Crippen LogP contribution in [0.2, 0.25) is 0 Å². The second-order valence-corrected chi connectivity index (χ2v) is 8.72. The van der Waals surface area contributed by atoms with Gasteiger partial charge in [-0.25, -0.2) is 0 Å². The molecule has 0 unspecified atom stereocenters. The molecule has 0 radical (unpaired) electrons. The third kappa shape index (κ3) is 3.59. The Hall–Kier alpha value is -3.42. The Morgan fingerprint density at radius 3 is 2.00 bits per heavy atom. The molecule has 0 spiro atoms. The van der Waals surface area contributed by atoms with Crippen LogP contribution in [-0.4, -0.2) is 44.7 Å². The Bertz CT molecular complexity index is 1140. The molecule has 0 amide bonds. The predicted octanol–water partition coefficient (Wildman–Crippen LogP) is 3.93. The van der Waals surface area contributed by atoms with Crippen LogP contribution < -0.4 is 9.47 Å². The Morgan fingerprint density at radius 2 is 1.47 bits per heavy atom. The molecule has 1 aliphatic rings. The number of ketones is 2. The summed E-state index contributed by atoms with van der Waals surface area (Å²) in [5.41, 5.74) is -0.156. The van der Waals surface area contributed by atoms with Crippen molar-refractivity contribution in [2.75, 3.05) is 7.11 Å². The van der Waals surface area contributed by atoms with Crippen LogP contribution in [0.4, 0.5) is 0 Å². The van der Waals surface area contributed by atoms with Crippen LogP contribution in [0.1, 0.15) is 77.1 Å². The molecular formula is C24H28O8. The van der Waals surface area contributed by atoms with E-state index in [4.69, 9.17) is 9.47 Å². The molecular weight excluding hydrogens is 416 g/mol. The van der Waals surface area contributed by atoms with Gasteiger partial charge >= 0.3 is 0 Å². The molecule has 0 saturated carbocycles. The first-order chi connectivity index (χ1) is 14.8. The Balaban J connectivity index is 2.37. The molecule has 4 N–H and O–H groups in total. The fraction of sp³-hybridized carbons (Fsp3) is 0.417. The number of ether oxygens (including phenoxy) is 2. The summed E-state index contributed by atoms with van der Waals surface area (Å²) in [5.74, 6) is -2.41. The quantitative estimate of drug-likeness (QED) is 0.510. The van der Waals surface area contributed by atoms with E-state index < -0.39 is 34.4 Å². The molecule has 0 bridgehead atoms. The summed E-state index contributed by atoms with van der Waals surface area (Å²) in [6.07, 6.45) is 0.815. The number of benzene rings is 2. The van der Waals surface area contributed by atoms with Crippen molar-refractivity contribution in [3.05, 3.63) is 33.4 Å². The number of hydrogen-bond acceptors (Lipinski definition) is 8. The van der Waals surface area contributed by atoms with Gasteiger partial charge in [0, 0.05) is 28.7 Å². The van der Waals surface area contributed by atoms with E-state index in [1.54, 1.807) is 0 Å². The second kappa shape index (κ2) is 7.93. The zero-order valence-electron chi connectivity index (χ0n) is 19.0. The topological polar surface area (TPSA) is 134 Å². The van der Waals surface area contributed by atoms with E-state index in [0.717, 1.165) is 0 Å². The van der Waals surface area contributed by atoms with Gasteiger partial charge in [-0.3, -0.25) is 9.59 Å². The maximum atomic E-state index is 12.2. The van der Waals surface area contributed by atoms with Crippen LogP contribution >= 0.6 is 0 Å². The van der Waals surface area contributed by atoms with E-state index in [2.05, 4.69) is 0 Å². The molecule has 8 heteroatoms. The molecule has 2 aromatic rings. The SMILES string of the molecule is COc1c(C)c(O)c(C(C)=O)c(O)c1Cc1c(O)c(C(C)=O)c(O)c2c1OC(C)(C)CC2. The number of rotatable bonds is 5. The van der Waals surface area contributed by atoms with Crippen LogP contribution in [0.5, 0.6) is 34.5 Å². The maximum Gasteiger partial charge on any atom is 0.167 e. The number of phenolic OH excluding ortho intramolecular Hbond substituents is 4. The standard InChI is InChI=1S/C24H28O8/c1-10-18(27)16(11(2)25)20(29)14(22(10)31-6)9-15-21(30)17(12(3)26)19(28)13-7-8-24(4,5)32-23(13)15/h27-30H,7-9H2,1-6H3. The maximum absolute atomic E-state index is 12.2. The zero-order chi connectivity index (χ0) is 24.1. The lowest BCUT2D eigenvalue weighted by Crippen LogP contribution is -2.33. The van der Waals surface area contributed by atoms with Gasteiger partial charge in [-0.2, -0.15) is 0 Å². The van der Waals surface area contributed by atoms with Crippen LogP contribution in [0.25, 0.3) is 0 Å². The van der Waals surface area contributed by atoms with Gasteiger partial charge < -0.3 is 29.9 Å². The smallest absolute Gasteiger partial charge is 0.167 e. The molecule has 32 heavy (non-hydrogen) atoms. The second-order valence-electron chi connectivity index (χ2n) is 8.72. The van der Waals surface area contributed by atoms with Gasteiger partial charge in [0.15, 0.2) is 11.6 Å². The van der Waals surface area contributed by atoms with Gasteiger partial charge in [0.2, 0.25) is 0 Å². The van der Waals surface area contributed by atoms with Crippen molar-refractivity contribution in [3.8, 4) is 34.5 Å². The van der Waals surface area contributed by atoms with Crippen molar-refractivity contribution in [1.29, 1.82) is 0 Å². The summed E-state index contributed by atoms with van der Waals surface area (Å²) < 4.78 is 11.5. The molecule has 8 nitrogen and oxygen atoms in total. The average Bonchev–Trinajstić information content (AvgIpc) is 2.67. The van der Waals surface area contributed by atoms with E-state index in [-0.39, 0.29) is 51.5 Å². The van der Waals surface area contributed by atoms with E-state index in [1.807, 2.05) is 13.8 Å². The predicted molar refractivity (Wildman–Crippen MR) is 117 cm³/mol. The number of fused-ring (bicyclic) bond motifs is 1. The largest absolute Gasteiger partial charge is 0.507 e. The van der Waals surface area contributed by atoms with Crippen molar-refractivity contribution < 1.29 is 39.5 Å². The highest BCUT2D eigenvalue weighted by molar-refractivity contribution is 6.02. The molecule has 0 aromatic heterocycles. The first-order valence-electron chi connectivity index (χ1n) is 10.2. The molecule has 2 aromatic carbocycles. The third-order valence-corrected chi connectivity index (χ3v) is 5.94. The normalized spacial score (nSPS) is 14.4. The minimum absolute atomic E-state index is 0.130. The molecule has 1 heterocycles. The highest BCUT2D eigenvalue weighted by Gasteiger charge is 2.36. The van der Waals surface area contributed by atoms with Crippen LogP contribution in [-0.2, 0) is 12.8 Å². The first-order valence-corrected chi connectivity index (χ1v) is 10.2. The Labute approximate surface area is 186 Å². The Morgan fingerprint density at radius 1 is 0.938 bits per heavy atom. The summed E-state index contributed by atoms with van der Waals surface area (Å²) in [4.78, 5) is 24.3. The number of methoxy groups -OCH3 is 1. The van der Waals surface area contributed by atoms with E-state index in [9.17, 15) is 30.0 Å². The van der Waals surface area contributed by atoms with Gasteiger partial charge in [0.05, 0.1) is 7.11 Å². The highest BCUT2D eigenvalue weighted by Crippen LogP contribution is 2.51. The van der Waals surface area contributed by atoms with Crippen molar-refractivity contribution in [2.24, 2.45) is 0 Å². The van der Waals surface area contributed by atoms with Gasteiger partial charge in [0.1, 0.15) is 51.2 Å². The minimum atomic E-state index is -0.597. The number of carbonyl (C=O) groups excluding carboxylic acids is 2. The van der Waals surface area contributed by atoms with Gasteiger partial charge in [-0.15, -0.1) is 0 Å². The summed E-state index contributed by atoms with van der Waals surface area (Å²) >= 11 is 0. The third-order valence-electron chi connectivity index (χ3n) is 5.94. The van der Waals surface area contributed by atoms with Crippen molar-refractivity contribution >= 4 is 11.6 Å². The lowest BCUT2D eigenvalue weighted by atomic mass is 9.86. The molecule has 172 valence electrons. The number of hydrogen-bond donors (Lipinski definition) is 4. The summed E-state index contributed by atoms with van der Waals surface area (Å²) in [5, 5.41) is 42.9. The Kier molecular flexibility index (Phi) is 5.76. The zero-order valence-corrected chi connectivity index (χ0v) is 19.0. The number of aromatic hydroxyl groups is 4. The van der Waals surface area contributed by atoms with E-state index in [1.165, 1.54) is 27.9 Å². The fourth-order valence-electron chi connectivity index (χ4n) is 4.26. The van der Waals surface area contributed by atoms with E-state index >= 15 is 0 Å². The average molecular weight is 444 g/mol. The van der Waals surface area contributed by atoms with Crippen LogP contribution in [0.3, 0.4) is 0 Å². The summed E-state index contributed by atoms with van der Waals surface area (Å²) in [6, 6.07) is 0. The minimum Gasteiger partial charge on any atom is -0.507 e. The molecule has 0 atom stereocenters. The highest BCUT2D eigenvalue weighted by atomic mass is 16.5.